The Morgan fingerprint density at radius 2 is 2.05 bits per heavy atom. The second-order valence-corrected chi connectivity index (χ2v) is 5.43. The first-order valence-corrected chi connectivity index (χ1v) is 7.43. The van der Waals surface area contributed by atoms with E-state index in [0.717, 1.165) is 29.5 Å². The van der Waals surface area contributed by atoms with Crippen LogP contribution in [0.4, 0.5) is 5.13 Å². The van der Waals surface area contributed by atoms with Crippen LogP contribution >= 0.6 is 11.5 Å². The van der Waals surface area contributed by atoms with E-state index in [0.29, 0.717) is 0 Å². The molecule has 0 radical (unpaired) electrons. The lowest BCUT2D eigenvalue weighted by atomic mass is 10.0. The third kappa shape index (κ3) is 2.78. The number of aryl methyl sites for hydroxylation is 3. The van der Waals surface area contributed by atoms with E-state index in [-0.39, 0.29) is 6.04 Å². The number of rotatable bonds is 5. The Bertz CT molecular complexity index is 557. The zero-order valence-electron chi connectivity index (χ0n) is 12.2. The van der Waals surface area contributed by atoms with Crippen LogP contribution in [0.2, 0.25) is 0 Å². The van der Waals surface area contributed by atoms with Crippen molar-refractivity contribution in [2.45, 2.75) is 46.6 Å². The maximum absolute atomic E-state index is 4.49. The van der Waals surface area contributed by atoms with E-state index in [9.17, 15) is 0 Å². The van der Waals surface area contributed by atoms with E-state index in [4.69, 9.17) is 0 Å². The summed E-state index contributed by atoms with van der Waals surface area (Å²) in [5.74, 6) is 0.905. The minimum atomic E-state index is 0.242. The highest BCUT2D eigenvalue weighted by Gasteiger charge is 2.19. The van der Waals surface area contributed by atoms with Crippen LogP contribution in [0.15, 0.2) is 0 Å². The van der Waals surface area contributed by atoms with Crippen molar-refractivity contribution < 1.29 is 0 Å². The Morgan fingerprint density at radius 1 is 1.32 bits per heavy atom. The third-order valence-corrected chi connectivity index (χ3v) is 4.09. The molecule has 0 amide bonds. The minimum absolute atomic E-state index is 0.242. The van der Waals surface area contributed by atoms with Crippen LogP contribution in [-0.2, 0) is 13.5 Å². The molecule has 104 valence electrons. The largest absolute Gasteiger partial charge is 0.353 e. The van der Waals surface area contributed by atoms with Crippen LogP contribution < -0.4 is 5.32 Å². The molecule has 2 rings (SSSR count). The normalized spacial score (nSPS) is 12.7. The lowest BCUT2D eigenvalue weighted by Gasteiger charge is -2.16. The van der Waals surface area contributed by atoms with E-state index in [1.165, 1.54) is 22.8 Å². The van der Waals surface area contributed by atoms with Gasteiger partial charge in [-0.05, 0) is 20.3 Å². The summed E-state index contributed by atoms with van der Waals surface area (Å²) in [6, 6.07) is 0.242. The zero-order chi connectivity index (χ0) is 14.0. The monoisotopic (exact) mass is 279 g/mol. The third-order valence-electron chi connectivity index (χ3n) is 3.40. The molecular formula is C13H21N5S. The molecule has 0 aliphatic carbocycles. The van der Waals surface area contributed by atoms with Gasteiger partial charge in [0, 0.05) is 36.3 Å². The van der Waals surface area contributed by atoms with Crippen molar-refractivity contribution in [3.05, 3.63) is 22.8 Å². The summed E-state index contributed by atoms with van der Waals surface area (Å²) in [6.45, 7) is 8.41. The Labute approximate surface area is 118 Å². The average molecular weight is 279 g/mol. The Balaban J connectivity index is 2.24. The summed E-state index contributed by atoms with van der Waals surface area (Å²) in [7, 11) is 1.98. The first-order valence-electron chi connectivity index (χ1n) is 6.66. The number of nitrogens with one attached hydrogen (secondary N) is 1. The fraction of sp³-hybridized carbons (Fsp3) is 0.615. The lowest BCUT2D eigenvalue weighted by molar-refractivity contribution is 0.715. The molecule has 1 unspecified atom stereocenters. The Hall–Kier alpha value is -1.43. The molecule has 5 nitrogen and oxygen atoms in total. The van der Waals surface area contributed by atoms with E-state index in [1.54, 1.807) is 0 Å². The Morgan fingerprint density at radius 3 is 2.53 bits per heavy atom. The molecule has 0 aliphatic rings. The second kappa shape index (κ2) is 5.69. The second-order valence-electron chi connectivity index (χ2n) is 4.68. The van der Waals surface area contributed by atoms with Crippen LogP contribution in [0.1, 0.15) is 49.1 Å². The molecule has 1 N–H and O–H groups in total. The standard InChI is InChI=1S/C13H21N5S/c1-6-10(12-8(3)16-18(5)9(12)4)14-13-15-11(7-2)17-19-13/h10H,6-7H2,1-5H3,(H,14,15,17). The van der Waals surface area contributed by atoms with E-state index in [2.05, 4.69) is 47.5 Å². The van der Waals surface area contributed by atoms with E-state index in [1.807, 2.05) is 11.7 Å². The lowest BCUT2D eigenvalue weighted by Crippen LogP contribution is -2.11. The first-order chi connectivity index (χ1) is 9.06. The molecule has 0 bridgehead atoms. The number of hydrogen-bond acceptors (Lipinski definition) is 5. The van der Waals surface area contributed by atoms with Gasteiger partial charge in [0.2, 0.25) is 5.13 Å². The van der Waals surface area contributed by atoms with Gasteiger partial charge in [0.1, 0.15) is 5.82 Å². The number of aromatic nitrogens is 4. The van der Waals surface area contributed by atoms with Gasteiger partial charge in [0.05, 0.1) is 11.7 Å². The Kier molecular flexibility index (Phi) is 4.19. The zero-order valence-corrected chi connectivity index (χ0v) is 13.0. The summed E-state index contributed by atoms with van der Waals surface area (Å²) in [4.78, 5) is 4.48. The fourth-order valence-corrected chi connectivity index (χ4v) is 2.98. The SMILES string of the molecule is CCc1nsc(NC(CC)c2c(C)nn(C)c2C)n1. The van der Waals surface area contributed by atoms with Crippen molar-refractivity contribution in [3.63, 3.8) is 0 Å². The maximum atomic E-state index is 4.49. The smallest absolute Gasteiger partial charge is 0.203 e. The highest BCUT2D eigenvalue weighted by atomic mass is 32.1. The molecule has 0 saturated carbocycles. The number of anilines is 1. The van der Waals surface area contributed by atoms with Crippen molar-refractivity contribution in [2.75, 3.05) is 5.32 Å². The van der Waals surface area contributed by atoms with E-state index < -0.39 is 0 Å². The molecule has 19 heavy (non-hydrogen) atoms. The van der Waals surface area contributed by atoms with Gasteiger partial charge in [-0.3, -0.25) is 4.68 Å². The molecule has 0 spiro atoms. The van der Waals surface area contributed by atoms with Gasteiger partial charge in [-0.2, -0.15) is 9.47 Å². The number of nitrogens with zero attached hydrogens (tertiary/aromatic N) is 4. The summed E-state index contributed by atoms with van der Waals surface area (Å²) in [5, 5.41) is 8.87. The molecule has 0 aromatic carbocycles. The molecule has 2 heterocycles. The summed E-state index contributed by atoms with van der Waals surface area (Å²) < 4.78 is 6.25. The van der Waals surface area contributed by atoms with Crippen LogP contribution in [0.25, 0.3) is 0 Å². The predicted octanol–water partition coefficient (Wildman–Crippen LogP) is 3.01. The van der Waals surface area contributed by atoms with Crippen LogP contribution in [0, 0.1) is 13.8 Å². The van der Waals surface area contributed by atoms with Crippen molar-refractivity contribution >= 4 is 16.7 Å². The maximum Gasteiger partial charge on any atom is 0.203 e. The van der Waals surface area contributed by atoms with Crippen molar-refractivity contribution in [3.8, 4) is 0 Å². The van der Waals surface area contributed by atoms with Gasteiger partial charge in [0.25, 0.3) is 0 Å². The molecule has 0 aliphatic heterocycles. The molecule has 0 saturated heterocycles. The van der Waals surface area contributed by atoms with Crippen molar-refractivity contribution in [1.29, 1.82) is 0 Å². The molecule has 6 heteroatoms. The van der Waals surface area contributed by atoms with Crippen molar-refractivity contribution in [2.24, 2.45) is 7.05 Å². The van der Waals surface area contributed by atoms with Crippen LogP contribution in [0.3, 0.4) is 0 Å². The first kappa shape index (κ1) is 14.0. The molecule has 2 aromatic rings. The minimum Gasteiger partial charge on any atom is -0.353 e. The highest BCUT2D eigenvalue weighted by molar-refractivity contribution is 7.09. The van der Waals surface area contributed by atoms with Crippen molar-refractivity contribution in [1.82, 2.24) is 19.1 Å². The summed E-state index contributed by atoms with van der Waals surface area (Å²) >= 11 is 1.43. The van der Waals surface area contributed by atoms with Gasteiger partial charge in [-0.15, -0.1) is 0 Å². The fourth-order valence-electron chi connectivity index (χ4n) is 2.28. The predicted molar refractivity (Wildman–Crippen MR) is 78.6 cm³/mol. The quantitative estimate of drug-likeness (QED) is 0.914. The van der Waals surface area contributed by atoms with Crippen LogP contribution in [-0.4, -0.2) is 19.1 Å². The van der Waals surface area contributed by atoms with Gasteiger partial charge >= 0.3 is 0 Å². The molecule has 2 aromatic heterocycles. The molecular weight excluding hydrogens is 258 g/mol. The molecule has 1 atom stereocenters. The molecule has 0 fully saturated rings. The van der Waals surface area contributed by atoms with Gasteiger partial charge in [-0.25, -0.2) is 4.98 Å². The van der Waals surface area contributed by atoms with Crippen LogP contribution in [0.5, 0.6) is 0 Å². The van der Waals surface area contributed by atoms with Gasteiger partial charge < -0.3 is 5.32 Å². The highest BCUT2D eigenvalue weighted by Crippen LogP contribution is 2.28. The van der Waals surface area contributed by atoms with Gasteiger partial charge in [-0.1, -0.05) is 13.8 Å². The summed E-state index contributed by atoms with van der Waals surface area (Å²) in [5.41, 5.74) is 3.56. The van der Waals surface area contributed by atoms with E-state index >= 15 is 0 Å². The number of hydrogen-bond donors (Lipinski definition) is 1. The van der Waals surface area contributed by atoms with Gasteiger partial charge in [0.15, 0.2) is 0 Å². The average Bonchev–Trinajstić information content (AvgIpc) is 2.93. The topological polar surface area (TPSA) is 55.6 Å². The summed E-state index contributed by atoms with van der Waals surface area (Å²) in [6.07, 6.45) is 1.87.